The summed E-state index contributed by atoms with van der Waals surface area (Å²) in [5.74, 6) is 0. The third-order valence-corrected chi connectivity index (χ3v) is 2.26. The van der Waals surface area contributed by atoms with Crippen molar-refractivity contribution in [3.63, 3.8) is 0 Å². The third-order valence-electron chi connectivity index (χ3n) is 1.81. The van der Waals surface area contributed by atoms with Gasteiger partial charge in [0.15, 0.2) is 0 Å². The van der Waals surface area contributed by atoms with Gasteiger partial charge in [0.25, 0.3) is 0 Å². The summed E-state index contributed by atoms with van der Waals surface area (Å²) >= 11 is 3.20. The highest BCUT2D eigenvalue weighted by Crippen LogP contribution is 2.17. The van der Waals surface area contributed by atoms with Crippen molar-refractivity contribution in [3.05, 3.63) is 18.0 Å². The summed E-state index contributed by atoms with van der Waals surface area (Å²) in [5, 5.41) is 23.7. The number of aliphatic hydroxyl groups is 2. The molecule has 0 spiro atoms. The van der Waals surface area contributed by atoms with E-state index in [1.807, 2.05) is 0 Å². The summed E-state index contributed by atoms with van der Waals surface area (Å²) in [4.78, 5) is 0. The minimum Gasteiger partial charge on any atom is -0.390 e. The molecule has 2 unspecified atom stereocenters. The molecule has 0 aliphatic carbocycles. The van der Waals surface area contributed by atoms with Crippen LogP contribution in [0.1, 0.15) is 18.2 Å². The second kappa shape index (κ2) is 4.74. The molecule has 0 saturated carbocycles. The maximum absolute atomic E-state index is 9.59. The highest BCUT2D eigenvalue weighted by atomic mass is 79.9. The Balaban J connectivity index is 2.61. The average molecular weight is 249 g/mol. The molecule has 2 atom stereocenters. The zero-order valence-electron chi connectivity index (χ0n) is 7.39. The Morgan fingerprint density at radius 2 is 2.31 bits per heavy atom. The quantitative estimate of drug-likeness (QED) is 0.768. The Bertz CT molecular complexity index is 264. The summed E-state index contributed by atoms with van der Waals surface area (Å²) in [6, 6.07) is 1.70. The standard InChI is InChI=1S/C8H13BrN2O2/c1-11-5-3-6(10-11)8(13)7(12)2-4-9/h3,5,7-8,12-13H,2,4H2,1H3. The van der Waals surface area contributed by atoms with Gasteiger partial charge in [0.2, 0.25) is 0 Å². The first-order chi connectivity index (χ1) is 6.15. The molecule has 0 fully saturated rings. The smallest absolute Gasteiger partial charge is 0.124 e. The van der Waals surface area contributed by atoms with E-state index in [0.29, 0.717) is 17.4 Å². The first-order valence-corrected chi connectivity index (χ1v) is 5.19. The van der Waals surface area contributed by atoms with Crippen LogP contribution in [0.4, 0.5) is 0 Å². The Labute approximate surface area is 85.3 Å². The van der Waals surface area contributed by atoms with Crippen LogP contribution in [0.3, 0.4) is 0 Å². The fourth-order valence-corrected chi connectivity index (χ4v) is 1.53. The lowest BCUT2D eigenvalue weighted by molar-refractivity contribution is 0.0145. The first-order valence-electron chi connectivity index (χ1n) is 4.06. The van der Waals surface area contributed by atoms with Crippen LogP contribution in [-0.2, 0) is 7.05 Å². The molecule has 0 radical (unpaired) electrons. The fraction of sp³-hybridized carbons (Fsp3) is 0.625. The van der Waals surface area contributed by atoms with E-state index in [1.165, 1.54) is 0 Å². The van der Waals surface area contributed by atoms with E-state index >= 15 is 0 Å². The average Bonchev–Trinajstić information content (AvgIpc) is 2.51. The molecule has 1 aromatic heterocycles. The Morgan fingerprint density at radius 1 is 1.62 bits per heavy atom. The molecular weight excluding hydrogens is 236 g/mol. The molecule has 2 N–H and O–H groups in total. The number of hydrogen-bond donors (Lipinski definition) is 2. The summed E-state index contributed by atoms with van der Waals surface area (Å²) in [7, 11) is 1.77. The Morgan fingerprint density at radius 3 is 2.77 bits per heavy atom. The molecule has 74 valence electrons. The van der Waals surface area contributed by atoms with Gasteiger partial charge in [-0.15, -0.1) is 0 Å². The number of aromatic nitrogens is 2. The molecule has 1 heterocycles. The van der Waals surface area contributed by atoms with Crippen molar-refractivity contribution < 1.29 is 10.2 Å². The normalized spacial score (nSPS) is 15.7. The zero-order chi connectivity index (χ0) is 9.84. The van der Waals surface area contributed by atoms with Crippen LogP contribution in [0, 0.1) is 0 Å². The number of halogens is 1. The molecular formula is C8H13BrN2O2. The number of rotatable bonds is 4. The van der Waals surface area contributed by atoms with Crippen LogP contribution in [0.5, 0.6) is 0 Å². The highest BCUT2D eigenvalue weighted by molar-refractivity contribution is 9.09. The van der Waals surface area contributed by atoms with Crippen molar-refractivity contribution >= 4 is 15.9 Å². The number of hydrogen-bond acceptors (Lipinski definition) is 3. The topological polar surface area (TPSA) is 58.3 Å². The molecule has 0 aromatic carbocycles. The predicted octanol–water partition coefficient (Wildman–Crippen LogP) is 0.599. The van der Waals surface area contributed by atoms with Crippen molar-refractivity contribution in [2.24, 2.45) is 7.05 Å². The number of nitrogens with zero attached hydrogens (tertiary/aromatic N) is 2. The maximum Gasteiger partial charge on any atom is 0.124 e. The van der Waals surface area contributed by atoms with Crippen LogP contribution in [0.15, 0.2) is 12.3 Å². The minimum atomic E-state index is -0.890. The monoisotopic (exact) mass is 248 g/mol. The van der Waals surface area contributed by atoms with Crippen LogP contribution in [0.25, 0.3) is 0 Å². The molecule has 0 aliphatic heterocycles. The molecule has 1 aromatic rings. The second-order valence-corrected chi connectivity index (χ2v) is 3.70. The van der Waals surface area contributed by atoms with Gasteiger partial charge in [0, 0.05) is 18.6 Å². The van der Waals surface area contributed by atoms with E-state index in [1.54, 1.807) is 24.0 Å². The lowest BCUT2D eigenvalue weighted by Crippen LogP contribution is -2.19. The van der Waals surface area contributed by atoms with Gasteiger partial charge < -0.3 is 10.2 Å². The van der Waals surface area contributed by atoms with Gasteiger partial charge in [0.05, 0.1) is 11.8 Å². The van der Waals surface area contributed by atoms with E-state index in [-0.39, 0.29) is 0 Å². The molecule has 13 heavy (non-hydrogen) atoms. The molecule has 0 bridgehead atoms. The lowest BCUT2D eigenvalue weighted by atomic mass is 10.1. The molecule has 0 saturated heterocycles. The third kappa shape index (κ3) is 2.79. The predicted molar refractivity (Wildman–Crippen MR) is 52.6 cm³/mol. The summed E-state index contributed by atoms with van der Waals surface area (Å²) < 4.78 is 1.60. The highest BCUT2D eigenvalue weighted by Gasteiger charge is 2.19. The van der Waals surface area contributed by atoms with Crippen LogP contribution in [-0.4, -0.2) is 31.4 Å². The van der Waals surface area contributed by atoms with E-state index in [0.717, 1.165) is 0 Å². The molecule has 4 nitrogen and oxygen atoms in total. The molecule has 0 amide bonds. The van der Waals surface area contributed by atoms with Gasteiger partial charge in [-0.1, -0.05) is 15.9 Å². The number of alkyl halides is 1. The van der Waals surface area contributed by atoms with E-state index in [9.17, 15) is 10.2 Å². The largest absolute Gasteiger partial charge is 0.390 e. The Hall–Kier alpha value is -0.390. The lowest BCUT2D eigenvalue weighted by Gasteiger charge is -2.14. The number of aryl methyl sites for hydroxylation is 1. The SMILES string of the molecule is Cn1ccc(C(O)C(O)CCBr)n1. The Kier molecular flexibility index (Phi) is 3.90. The van der Waals surface area contributed by atoms with Crippen molar-refractivity contribution in [2.45, 2.75) is 18.6 Å². The molecule has 0 aliphatic rings. The van der Waals surface area contributed by atoms with Gasteiger partial charge in [-0.25, -0.2) is 0 Å². The van der Waals surface area contributed by atoms with Crippen molar-refractivity contribution in [1.29, 1.82) is 0 Å². The summed E-state index contributed by atoms with van der Waals surface area (Å²) in [5.41, 5.74) is 0.510. The summed E-state index contributed by atoms with van der Waals surface area (Å²) in [6.45, 7) is 0. The molecule has 1 rings (SSSR count). The van der Waals surface area contributed by atoms with E-state index in [2.05, 4.69) is 21.0 Å². The zero-order valence-corrected chi connectivity index (χ0v) is 8.98. The van der Waals surface area contributed by atoms with E-state index in [4.69, 9.17) is 0 Å². The first kappa shape index (κ1) is 10.7. The van der Waals surface area contributed by atoms with Crippen molar-refractivity contribution in [2.75, 3.05) is 5.33 Å². The van der Waals surface area contributed by atoms with Crippen molar-refractivity contribution in [3.8, 4) is 0 Å². The van der Waals surface area contributed by atoms with Gasteiger partial charge in [-0.2, -0.15) is 5.10 Å². The fourth-order valence-electron chi connectivity index (χ4n) is 1.06. The van der Waals surface area contributed by atoms with Gasteiger partial charge in [0.1, 0.15) is 6.10 Å². The van der Waals surface area contributed by atoms with Gasteiger partial charge in [-0.3, -0.25) is 4.68 Å². The second-order valence-electron chi connectivity index (χ2n) is 2.90. The van der Waals surface area contributed by atoms with Crippen LogP contribution in [0.2, 0.25) is 0 Å². The minimum absolute atomic E-state index is 0.510. The van der Waals surface area contributed by atoms with Gasteiger partial charge in [-0.05, 0) is 12.5 Å². The molecule has 5 heteroatoms. The summed E-state index contributed by atoms with van der Waals surface area (Å²) in [6.07, 6.45) is 0.602. The number of aliphatic hydroxyl groups excluding tert-OH is 2. The van der Waals surface area contributed by atoms with Crippen molar-refractivity contribution in [1.82, 2.24) is 9.78 Å². The van der Waals surface area contributed by atoms with Gasteiger partial charge >= 0.3 is 0 Å². The van der Waals surface area contributed by atoms with E-state index < -0.39 is 12.2 Å². The van der Waals surface area contributed by atoms with Crippen LogP contribution >= 0.6 is 15.9 Å². The van der Waals surface area contributed by atoms with Crippen LogP contribution < -0.4 is 0 Å². The maximum atomic E-state index is 9.59.